The first-order valence-electron chi connectivity index (χ1n) is 5.33. The lowest BCUT2D eigenvalue weighted by Gasteiger charge is -2.17. The Morgan fingerprint density at radius 1 is 1.53 bits per heavy atom. The quantitative estimate of drug-likeness (QED) is 0.879. The topological polar surface area (TPSA) is 49.3 Å². The van der Waals surface area contributed by atoms with E-state index >= 15 is 0 Å². The summed E-state index contributed by atoms with van der Waals surface area (Å²) in [5.41, 5.74) is 0.146. The van der Waals surface area contributed by atoms with Crippen LogP contribution in [0.25, 0.3) is 0 Å². The Labute approximate surface area is 108 Å². The predicted molar refractivity (Wildman–Crippen MR) is 67.3 cm³/mol. The van der Waals surface area contributed by atoms with Crippen LogP contribution in [0, 0.1) is 11.7 Å². The van der Waals surface area contributed by atoms with Crippen molar-refractivity contribution in [2.45, 2.75) is 19.9 Å². The highest BCUT2D eigenvalue weighted by Gasteiger charge is 2.22. The highest BCUT2D eigenvalue weighted by Crippen LogP contribution is 2.22. The van der Waals surface area contributed by atoms with Crippen LogP contribution >= 0.6 is 15.9 Å². The number of carbonyl (C=O) groups is 1. The van der Waals surface area contributed by atoms with E-state index in [-0.39, 0.29) is 5.56 Å². The van der Waals surface area contributed by atoms with Crippen LogP contribution in [-0.4, -0.2) is 17.6 Å². The van der Waals surface area contributed by atoms with Gasteiger partial charge >= 0.3 is 5.97 Å². The molecule has 1 unspecified atom stereocenters. The fourth-order valence-corrected chi connectivity index (χ4v) is 1.80. The van der Waals surface area contributed by atoms with Crippen molar-refractivity contribution in [2.24, 2.45) is 5.92 Å². The lowest BCUT2D eigenvalue weighted by Crippen LogP contribution is -2.32. The van der Waals surface area contributed by atoms with Crippen LogP contribution in [0.1, 0.15) is 25.5 Å². The van der Waals surface area contributed by atoms with E-state index in [2.05, 4.69) is 21.2 Å². The molecule has 3 nitrogen and oxygen atoms in total. The van der Waals surface area contributed by atoms with E-state index in [0.29, 0.717) is 16.9 Å². The van der Waals surface area contributed by atoms with Crippen molar-refractivity contribution in [1.29, 1.82) is 0 Å². The number of carboxylic acid groups (broad SMARTS) is 1. The van der Waals surface area contributed by atoms with Gasteiger partial charge in [0.2, 0.25) is 0 Å². The lowest BCUT2D eigenvalue weighted by molar-refractivity contribution is -0.139. The summed E-state index contributed by atoms with van der Waals surface area (Å²) in [6.07, 6.45) is 0. The van der Waals surface area contributed by atoms with Crippen molar-refractivity contribution in [3.63, 3.8) is 0 Å². The molecule has 0 saturated carbocycles. The van der Waals surface area contributed by atoms with Crippen molar-refractivity contribution in [3.8, 4) is 0 Å². The first kappa shape index (κ1) is 14.1. The molecule has 0 heterocycles. The maximum Gasteiger partial charge on any atom is 0.325 e. The molecule has 0 saturated heterocycles. The second-order valence-corrected chi connectivity index (χ2v) is 5.15. The third-order valence-corrected chi connectivity index (χ3v) is 2.74. The molecule has 0 amide bonds. The highest BCUT2D eigenvalue weighted by molar-refractivity contribution is 9.10. The number of aliphatic carboxylic acids is 1. The summed E-state index contributed by atoms with van der Waals surface area (Å²) < 4.78 is 14.2. The van der Waals surface area contributed by atoms with Crippen LogP contribution < -0.4 is 5.32 Å². The molecule has 1 atom stereocenters. The summed E-state index contributed by atoms with van der Waals surface area (Å²) >= 11 is 3.21. The normalized spacial score (nSPS) is 12.8. The number of halogens is 2. The number of hydrogen-bond donors (Lipinski definition) is 2. The average molecular weight is 304 g/mol. The van der Waals surface area contributed by atoms with Crippen molar-refractivity contribution in [1.82, 2.24) is 5.32 Å². The van der Waals surface area contributed by atoms with Gasteiger partial charge in [-0.05, 0) is 30.7 Å². The minimum atomic E-state index is -1.08. The predicted octanol–water partition coefficient (Wildman–Crippen LogP) is 2.96. The Hall–Kier alpha value is -0.940. The smallest absolute Gasteiger partial charge is 0.325 e. The van der Waals surface area contributed by atoms with Crippen LogP contribution in [0.2, 0.25) is 0 Å². The number of rotatable bonds is 5. The van der Waals surface area contributed by atoms with E-state index in [1.165, 1.54) is 12.1 Å². The van der Waals surface area contributed by atoms with E-state index in [1.807, 2.05) is 13.8 Å². The molecule has 1 aromatic rings. The Morgan fingerprint density at radius 2 is 2.18 bits per heavy atom. The Bertz CT molecular complexity index is 409. The molecule has 0 spiro atoms. The maximum absolute atomic E-state index is 13.6. The molecule has 0 aromatic heterocycles. The number of hydrogen-bond acceptors (Lipinski definition) is 2. The largest absolute Gasteiger partial charge is 0.480 e. The summed E-state index contributed by atoms with van der Waals surface area (Å²) in [7, 11) is 0. The molecule has 17 heavy (non-hydrogen) atoms. The van der Waals surface area contributed by atoms with Crippen LogP contribution in [0.5, 0.6) is 0 Å². The van der Waals surface area contributed by atoms with Crippen molar-refractivity contribution >= 4 is 21.9 Å². The van der Waals surface area contributed by atoms with Gasteiger partial charge in [0.05, 0.1) is 0 Å². The van der Waals surface area contributed by atoms with Crippen molar-refractivity contribution in [2.75, 3.05) is 6.54 Å². The minimum absolute atomic E-state index is 0.146. The Kier molecular flexibility index (Phi) is 5.08. The molecular weight excluding hydrogens is 289 g/mol. The standard InChI is InChI=1S/C12H15BrFNO2/c1-7(2)6-15-11(12(16)17)9-5-8(13)3-4-10(9)14/h3-5,7,11,15H,6H2,1-2H3,(H,16,17). The molecule has 0 fully saturated rings. The molecule has 0 aliphatic carbocycles. The van der Waals surface area contributed by atoms with Crippen LogP contribution in [0.15, 0.2) is 22.7 Å². The van der Waals surface area contributed by atoms with Gasteiger partial charge in [0.15, 0.2) is 0 Å². The second-order valence-electron chi connectivity index (χ2n) is 4.24. The molecule has 1 aromatic carbocycles. The molecule has 1 rings (SSSR count). The van der Waals surface area contributed by atoms with Gasteiger partial charge in [-0.2, -0.15) is 0 Å². The summed E-state index contributed by atoms with van der Waals surface area (Å²) in [5.74, 6) is -1.30. The lowest BCUT2D eigenvalue weighted by atomic mass is 10.1. The summed E-state index contributed by atoms with van der Waals surface area (Å²) in [6, 6.07) is 3.27. The third kappa shape index (κ3) is 4.09. The monoisotopic (exact) mass is 303 g/mol. The van der Waals surface area contributed by atoms with Gasteiger partial charge in [-0.3, -0.25) is 4.79 Å². The van der Waals surface area contributed by atoms with Crippen LogP contribution in [-0.2, 0) is 4.79 Å². The zero-order chi connectivity index (χ0) is 13.0. The summed E-state index contributed by atoms with van der Waals surface area (Å²) in [5, 5.41) is 12.0. The number of carboxylic acids is 1. The molecular formula is C12H15BrFNO2. The van der Waals surface area contributed by atoms with Crippen LogP contribution in [0.3, 0.4) is 0 Å². The summed E-state index contributed by atoms with van der Waals surface area (Å²) in [4.78, 5) is 11.1. The highest BCUT2D eigenvalue weighted by atomic mass is 79.9. The molecule has 5 heteroatoms. The van der Waals surface area contributed by atoms with E-state index in [1.54, 1.807) is 6.07 Å². The SMILES string of the molecule is CC(C)CNC(C(=O)O)c1cc(Br)ccc1F. The number of nitrogens with one attached hydrogen (secondary N) is 1. The average Bonchev–Trinajstić information content (AvgIpc) is 2.22. The fraction of sp³-hybridized carbons (Fsp3) is 0.417. The molecule has 0 aliphatic heterocycles. The van der Waals surface area contributed by atoms with Gasteiger partial charge < -0.3 is 10.4 Å². The molecule has 0 radical (unpaired) electrons. The van der Waals surface area contributed by atoms with Gasteiger partial charge in [-0.15, -0.1) is 0 Å². The molecule has 94 valence electrons. The van der Waals surface area contributed by atoms with E-state index in [0.717, 1.165) is 0 Å². The van der Waals surface area contributed by atoms with E-state index in [4.69, 9.17) is 5.11 Å². The number of benzene rings is 1. The summed E-state index contributed by atoms with van der Waals surface area (Å²) in [6.45, 7) is 4.44. The van der Waals surface area contributed by atoms with E-state index in [9.17, 15) is 9.18 Å². The Balaban J connectivity index is 2.97. The van der Waals surface area contributed by atoms with Gasteiger partial charge in [-0.1, -0.05) is 29.8 Å². The first-order chi connectivity index (χ1) is 7.91. The van der Waals surface area contributed by atoms with Gasteiger partial charge in [-0.25, -0.2) is 4.39 Å². The van der Waals surface area contributed by atoms with Gasteiger partial charge in [0.1, 0.15) is 11.9 Å². The van der Waals surface area contributed by atoms with E-state index < -0.39 is 17.8 Å². The minimum Gasteiger partial charge on any atom is -0.480 e. The first-order valence-corrected chi connectivity index (χ1v) is 6.12. The van der Waals surface area contributed by atoms with Crippen molar-refractivity contribution < 1.29 is 14.3 Å². The molecule has 0 aliphatic rings. The molecule has 0 bridgehead atoms. The third-order valence-electron chi connectivity index (χ3n) is 2.25. The zero-order valence-electron chi connectivity index (χ0n) is 9.71. The fourth-order valence-electron chi connectivity index (χ4n) is 1.42. The van der Waals surface area contributed by atoms with Crippen molar-refractivity contribution in [3.05, 3.63) is 34.1 Å². The van der Waals surface area contributed by atoms with Crippen LogP contribution in [0.4, 0.5) is 4.39 Å². The van der Waals surface area contributed by atoms with Gasteiger partial charge in [0, 0.05) is 10.0 Å². The zero-order valence-corrected chi connectivity index (χ0v) is 11.3. The second kappa shape index (κ2) is 6.12. The Morgan fingerprint density at radius 3 is 2.71 bits per heavy atom. The van der Waals surface area contributed by atoms with Gasteiger partial charge in [0.25, 0.3) is 0 Å². The maximum atomic E-state index is 13.6. The molecule has 2 N–H and O–H groups in total.